The van der Waals surface area contributed by atoms with Crippen LogP contribution in [0.15, 0.2) is 42.5 Å². The van der Waals surface area contributed by atoms with Crippen LogP contribution in [0.1, 0.15) is 32.8 Å². The molecule has 1 aromatic rings. The van der Waals surface area contributed by atoms with Crippen molar-refractivity contribution >= 4 is 0 Å². The molecule has 4 nitrogen and oxygen atoms in total. The van der Waals surface area contributed by atoms with E-state index in [-0.39, 0.29) is 12.4 Å². The minimum Gasteiger partial charge on any atom is -0.373 e. The van der Waals surface area contributed by atoms with Crippen molar-refractivity contribution < 1.29 is 18.9 Å². The zero-order valence-electron chi connectivity index (χ0n) is 14.6. The lowest BCUT2D eigenvalue weighted by Gasteiger charge is -2.19. The molecule has 0 heterocycles. The van der Waals surface area contributed by atoms with E-state index in [1.54, 1.807) is 0 Å². The molecule has 0 N–H and O–H groups in total. The zero-order chi connectivity index (χ0) is 16.8. The van der Waals surface area contributed by atoms with Gasteiger partial charge in [-0.05, 0) is 32.8 Å². The van der Waals surface area contributed by atoms with Gasteiger partial charge in [0.15, 0.2) is 6.29 Å². The molecule has 0 aliphatic carbocycles. The molecule has 0 amide bonds. The molecular weight excluding hydrogens is 292 g/mol. The quantitative estimate of drug-likeness (QED) is 0.313. The molecule has 0 saturated carbocycles. The van der Waals surface area contributed by atoms with E-state index in [1.165, 1.54) is 5.56 Å². The smallest absolute Gasteiger partial charge is 0.180 e. The summed E-state index contributed by atoms with van der Waals surface area (Å²) in [6, 6.07) is 10.2. The largest absolute Gasteiger partial charge is 0.373 e. The van der Waals surface area contributed by atoms with Crippen molar-refractivity contribution in [3.63, 3.8) is 0 Å². The van der Waals surface area contributed by atoms with Crippen LogP contribution in [0, 0.1) is 0 Å². The third-order valence-corrected chi connectivity index (χ3v) is 3.18. The fourth-order valence-electron chi connectivity index (χ4n) is 2.00. The molecule has 0 fully saturated rings. The van der Waals surface area contributed by atoms with Crippen LogP contribution in [-0.2, 0) is 25.6 Å². The van der Waals surface area contributed by atoms with Crippen LogP contribution in [0.25, 0.3) is 0 Å². The number of benzene rings is 1. The summed E-state index contributed by atoms with van der Waals surface area (Å²) >= 11 is 0. The molecule has 1 atom stereocenters. The minimum atomic E-state index is -0.273. The molecule has 0 spiro atoms. The van der Waals surface area contributed by atoms with E-state index in [1.807, 2.05) is 45.0 Å². The summed E-state index contributed by atoms with van der Waals surface area (Å²) in [5, 5.41) is 0. The van der Waals surface area contributed by atoms with E-state index in [2.05, 4.69) is 18.2 Å². The molecule has 0 aliphatic rings. The number of ether oxygens (including phenoxy) is 4. The van der Waals surface area contributed by atoms with Crippen molar-refractivity contribution in [3.05, 3.63) is 48.0 Å². The van der Waals surface area contributed by atoms with Crippen molar-refractivity contribution in [1.29, 1.82) is 0 Å². The van der Waals surface area contributed by atoms with Crippen LogP contribution in [0.4, 0.5) is 0 Å². The zero-order valence-corrected chi connectivity index (χ0v) is 14.6. The summed E-state index contributed by atoms with van der Waals surface area (Å²) in [6.45, 7) is 8.92. The van der Waals surface area contributed by atoms with Crippen molar-refractivity contribution in [3.8, 4) is 0 Å². The van der Waals surface area contributed by atoms with Crippen LogP contribution in [0.5, 0.6) is 0 Å². The molecule has 0 aromatic heterocycles. The Morgan fingerprint density at radius 1 is 0.957 bits per heavy atom. The molecular formula is C19H30O4. The maximum atomic E-state index is 5.74. The Bertz CT molecular complexity index is 399. The Hall–Kier alpha value is -1.20. The first-order chi connectivity index (χ1) is 11.3. The highest BCUT2D eigenvalue weighted by atomic mass is 16.7. The number of hydrogen-bond acceptors (Lipinski definition) is 4. The highest BCUT2D eigenvalue weighted by Gasteiger charge is 2.10. The van der Waals surface area contributed by atoms with E-state index < -0.39 is 0 Å². The van der Waals surface area contributed by atoms with Crippen molar-refractivity contribution in [1.82, 2.24) is 0 Å². The molecule has 0 saturated heterocycles. The molecule has 130 valence electrons. The fourth-order valence-corrected chi connectivity index (χ4v) is 2.00. The van der Waals surface area contributed by atoms with Crippen LogP contribution in [0.2, 0.25) is 0 Å². The lowest BCUT2D eigenvalue weighted by molar-refractivity contribution is -0.174. The summed E-state index contributed by atoms with van der Waals surface area (Å²) < 4.78 is 22.2. The number of hydrogen-bond donors (Lipinski definition) is 0. The molecule has 0 unspecified atom stereocenters. The minimum absolute atomic E-state index is 0.129. The van der Waals surface area contributed by atoms with Gasteiger partial charge in [-0.3, -0.25) is 0 Å². The van der Waals surface area contributed by atoms with E-state index in [0.29, 0.717) is 33.0 Å². The van der Waals surface area contributed by atoms with E-state index in [0.717, 1.165) is 6.42 Å². The normalized spacial score (nSPS) is 13.0. The average molecular weight is 322 g/mol. The van der Waals surface area contributed by atoms with Crippen LogP contribution in [0.3, 0.4) is 0 Å². The summed E-state index contributed by atoms with van der Waals surface area (Å²) in [5.74, 6) is 0. The van der Waals surface area contributed by atoms with Crippen LogP contribution in [-0.4, -0.2) is 38.8 Å². The monoisotopic (exact) mass is 322 g/mol. The van der Waals surface area contributed by atoms with E-state index >= 15 is 0 Å². The third-order valence-electron chi connectivity index (χ3n) is 3.18. The van der Waals surface area contributed by atoms with Gasteiger partial charge < -0.3 is 18.9 Å². The highest BCUT2D eigenvalue weighted by molar-refractivity contribution is 5.13. The first-order valence-electron chi connectivity index (χ1n) is 8.37. The second kappa shape index (κ2) is 13.3. The van der Waals surface area contributed by atoms with Crippen molar-refractivity contribution in [2.75, 3.05) is 26.4 Å². The van der Waals surface area contributed by atoms with Gasteiger partial charge in [-0.25, -0.2) is 0 Å². The van der Waals surface area contributed by atoms with Gasteiger partial charge in [0.05, 0.1) is 25.9 Å². The molecule has 0 bridgehead atoms. The van der Waals surface area contributed by atoms with E-state index in [9.17, 15) is 0 Å². The first-order valence-corrected chi connectivity index (χ1v) is 8.37. The summed E-state index contributed by atoms with van der Waals surface area (Å²) in [5.41, 5.74) is 1.19. The maximum Gasteiger partial charge on any atom is 0.180 e. The SMILES string of the molecule is CCOC(CO[C@@H](C)CC=CCOCc1ccccc1)OCC. The second-order valence-corrected chi connectivity index (χ2v) is 5.19. The fraction of sp³-hybridized carbons (Fsp3) is 0.579. The topological polar surface area (TPSA) is 36.9 Å². The lowest BCUT2D eigenvalue weighted by Crippen LogP contribution is -2.25. The molecule has 1 aromatic carbocycles. The maximum absolute atomic E-state index is 5.74. The molecule has 23 heavy (non-hydrogen) atoms. The number of rotatable bonds is 13. The van der Waals surface area contributed by atoms with Gasteiger partial charge in [-0.1, -0.05) is 42.5 Å². The summed E-state index contributed by atoms with van der Waals surface area (Å²) in [4.78, 5) is 0. The Labute approximate surface area is 140 Å². The Balaban J connectivity index is 2.08. The van der Waals surface area contributed by atoms with Gasteiger partial charge in [0.1, 0.15) is 0 Å². The van der Waals surface area contributed by atoms with Crippen molar-refractivity contribution in [2.45, 2.75) is 46.2 Å². The first kappa shape index (κ1) is 19.8. The van der Waals surface area contributed by atoms with E-state index in [4.69, 9.17) is 18.9 Å². The predicted molar refractivity (Wildman–Crippen MR) is 92.3 cm³/mol. The highest BCUT2D eigenvalue weighted by Crippen LogP contribution is 2.04. The van der Waals surface area contributed by atoms with Gasteiger partial charge in [0, 0.05) is 13.2 Å². The third kappa shape index (κ3) is 10.2. The van der Waals surface area contributed by atoms with Crippen LogP contribution >= 0.6 is 0 Å². The molecule has 0 aliphatic heterocycles. The van der Waals surface area contributed by atoms with Gasteiger partial charge in [-0.15, -0.1) is 0 Å². The van der Waals surface area contributed by atoms with Gasteiger partial charge in [-0.2, -0.15) is 0 Å². The van der Waals surface area contributed by atoms with Gasteiger partial charge >= 0.3 is 0 Å². The summed E-state index contributed by atoms with van der Waals surface area (Å²) in [7, 11) is 0. The van der Waals surface area contributed by atoms with Crippen LogP contribution < -0.4 is 0 Å². The van der Waals surface area contributed by atoms with Gasteiger partial charge in [0.2, 0.25) is 0 Å². The Morgan fingerprint density at radius 2 is 1.65 bits per heavy atom. The average Bonchev–Trinajstić information content (AvgIpc) is 2.57. The standard InChI is InChI=1S/C19H30O4/c1-4-21-19(22-5-2)16-23-17(3)11-9-10-14-20-15-18-12-7-6-8-13-18/h6-10,12-13,17,19H,4-5,11,14-16H2,1-3H3/t17-/m0/s1. The second-order valence-electron chi connectivity index (χ2n) is 5.19. The molecule has 0 radical (unpaired) electrons. The summed E-state index contributed by atoms with van der Waals surface area (Å²) in [6.07, 6.45) is 4.83. The Kier molecular flexibility index (Phi) is 11.4. The predicted octanol–water partition coefficient (Wildman–Crippen LogP) is 3.95. The van der Waals surface area contributed by atoms with Gasteiger partial charge in [0.25, 0.3) is 0 Å². The molecule has 4 heteroatoms. The molecule has 1 rings (SSSR count). The Morgan fingerprint density at radius 3 is 2.30 bits per heavy atom. The lowest BCUT2D eigenvalue weighted by atomic mass is 10.2. The van der Waals surface area contributed by atoms with Crippen molar-refractivity contribution in [2.24, 2.45) is 0 Å².